The van der Waals surface area contributed by atoms with E-state index in [1.807, 2.05) is 4.90 Å². The highest BCUT2D eigenvalue weighted by atomic mass is 16.2. The first kappa shape index (κ1) is 16.5. The fourth-order valence-corrected chi connectivity index (χ4v) is 2.94. The number of hydrogen-bond acceptors (Lipinski definition) is 2. The molecule has 2 N–H and O–H groups in total. The lowest BCUT2D eigenvalue weighted by atomic mass is 10.1. The maximum absolute atomic E-state index is 12.6. The third-order valence-corrected chi connectivity index (χ3v) is 4.31. The highest BCUT2D eigenvalue weighted by Crippen LogP contribution is 2.14. The molecular formula is C18H26N2O2. The van der Waals surface area contributed by atoms with Crippen LogP contribution in [0.4, 0.5) is 0 Å². The van der Waals surface area contributed by atoms with Crippen LogP contribution >= 0.6 is 0 Å². The van der Waals surface area contributed by atoms with Gasteiger partial charge < -0.3 is 10.6 Å². The molecule has 0 unspecified atom stereocenters. The molecule has 2 amide bonds. The van der Waals surface area contributed by atoms with Gasteiger partial charge in [-0.1, -0.05) is 38.5 Å². The maximum atomic E-state index is 12.6. The molecule has 0 atom stereocenters. The van der Waals surface area contributed by atoms with Gasteiger partial charge in [0.25, 0.3) is 5.91 Å². The molecule has 1 aliphatic rings. The number of rotatable bonds is 2. The molecule has 1 aliphatic heterocycles. The van der Waals surface area contributed by atoms with Crippen molar-refractivity contribution in [3.8, 4) is 0 Å². The number of carbonyl (C=O) groups is 2. The van der Waals surface area contributed by atoms with Gasteiger partial charge in [0.05, 0.1) is 0 Å². The zero-order valence-electron chi connectivity index (χ0n) is 13.2. The number of benzene rings is 1. The van der Waals surface area contributed by atoms with Crippen LogP contribution in [0.25, 0.3) is 0 Å². The summed E-state index contributed by atoms with van der Waals surface area (Å²) in [5.74, 6) is -0.399. The van der Waals surface area contributed by atoms with Crippen molar-refractivity contribution in [3.63, 3.8) is 0 Å². The largest absolute Gasteiger partial charge is 0.366 e. The number of primary amides is 1. The van der Waals surface area contributed by atoms with Gasteiger partial charge in [-0.3, -0.25) is 9.59 Å². The van der Waals surface area contributed by atoms with Gasteiger partial charge in [0.15, 0.2) is 0 Å². The Labute approximate surface area is 132 Å². The smallest absolute Gasteiger partial charge is 0.253 e. The molecule has 120 valence electrons. The van der Waals surface area contributed by atoms with Crippen molar-refractivity contribution in [2.24, 2.45) is 5.73 Å². The first-order valence-electron chi connectivity index (χ1n) is 8.37. The van der Waals surface area contributed by atoms with Crippen LogP contribution in [-0.4, -0.2) is 29.8 Å². The van der Waals surface area contributed by atoms with E-state index in [4.69, 9.17) is 5.73 Å². The summed E-state index contributed by atoms with van der Waals surface area (Å²) >= 11 is 0. The van der Waals surface area contributed by atoms with Gasteiger partial charge >= 0.3 is 0 Å². The summed E-state index contributed by atoms with van der Waals surface area (Å²) in [5, 5.41) is 0. The van der Waals surface area contributed by atoms with Gasteiger partial charge in [-0.2, -0.15) is 0 Å². The van der Waals surface area contributed by atoms with Crippen LogP contribution in [0.2, 0.25) is 0 Å². The summed E-state index contributed by atoms with van der Waals surface area (Å²) in [5.41, 5.74) is 6.31. The van der Waals surface area contributed by atoms with Gasteiger partial charge in [-0.15, -0.1) is 0 Å². The lowest BCUT2D eigenvalue weighted by molar-refractivity contribution is 0.0749. The zero-order chi connectivity index (χ0) is 15.8. The average molecular weight is 302 g/mol. The molecular weight excluding hydrogens is 276 g/mol. The molecule has 0 aliphatic carbocycles. The summed E-state index contributed by atoms with van der Waals surface area (Å²) < 4.78 is 0. The van der Waals surface area contributed by atoms with Crippen LogP contribution in [0.1, 0.15) is 72.1 Å². The molecule has 0 radical (unpaired) electrons. The zero-order valence-corrected chi connectivity index (χ0v) is 13.2. The fourth-order valence-electron chi connectivity index (χ4n) is 2.94. The van der Waals surface area contributed by atoms with E-state index >= 15 is 0 Å². The minimum absolute atomic E-state index is 0.0651. The van der Waals surface area contributed by atoms with E-state index in [2.05, 4.69) is 0 Å². The molecule has 1 aromatic rings. The van der Waals surface area contributed by atoms with E-state index in [0.717, 1.165) is 25.9 Å². The predicted octanol–water partition coefficient (Wildman–Crippen LogP) is 3.36. The highest BCUT2D eigenvalue weighted by Gasteiger charge is 2.16. The Morgan fingerprint density at radius 2 is 1.14 bits per heavy atom. The average Bonchev–Trinajstić information content (AvgIpc) is 2.59. The monoisotopic (exact) mass is 302 g/mol. The van der Waals surface area contributed by atoms with E-state index in [-0.39, 0.29) is 5.91 Å². The normalized spacial score (nSPS) is 17.5. The number of amides is 2. The van der Waals surface area contributed by atoms with Crippen molar-refractivity contribution < 1.29 is 9.59 Å². The second kappa shape index (κ2) is 8.57. The maximum Gasteiger partial charge on any atom is 0.253 e. The SMILES string of the molecule is NC(=O)c1ccc(C(=O)N2CCCCCCCCCC2)cc1. The molecule has 4 nitrogen and oxygen atoms in total. The molecule has 1 fully saturated rings. The Bertz CT molecular complexity index is 484. The van der Waals surface area contributed by atoms with Gasteiger partial charge in [0.2, 0.25) is 5.91 Å². The highest BCUT2D eigenvalue weighted by molar-refractivity contribution is 5.97. The molecule has 0 spiro atoms. The topological polar surface area (TPSA) is 63.4 Å². The summed E-state index contributed by atoms with van der Waals surface area (Å²) in [7, 11) is 0. The third kappa shape index (κ3) is 4.86. The predicted molar refractivity (Wildman–Crippen MR) is 87.8 cm³/mol. The minimum atomic E-state index is -0.464. The van der Waals surface area contributed by atoms with E-state index < -0.39 is 5.91 Å². The van der Waals surface area contributed by atoms with Crippen LogP contribution in [0.5, 0.6) is 0 Å². The summed E-state index contributed by atoms with van der Waals surface area (Å²) in [6.45, 7) is 1.66. The van der Waals surface area contributed by atoms with E-state index in [1.54, 1.807) is 24.3 Å². The number of nitrogens with zero attached hydrogens (tertiary/aromatic N) is 1. The second-order valence-corrected chi connectivity index (χ2v) is 6.06. The Morgan fingerprint density at radius 3 is 1.59 bits per heavy atom. The lowest BCUT2D eigenvalue weighted by Gasteiger charge is -2.22. The Kier molecular flexibility index (Phi) is 6.44. The van der Waals surface area contributed by atoms with Crippen molar-refractivity contribution in [1.29, 1.82) is 0 Å². The van der Waals surface area contributed by atoms with E-state index in [0.29, 0.717) is 11.1 Å². The van der Waals surface area contributed by atoms with Crippen LogP contribution in [0.15, 0.2) is 24.3 Å². The Balaban J connectivity index is 2.01. The fraction of sp³-hybridized carbons (Fsp3) is 0.556. The molecule has 0 saturated carbocycles. The summed E-state index contributed by atoms with van der Waals surface area (Å²) in [4.78, 5) is 25.7. The van der Waals surface area contributed by atoms with Gasteiger partial charge in [-0.25, -0.2) is 0 Å². The van der Waals surface area contributed by atoms with Crippen LogP contribution in [0.3, 0.4) is 0 Å². The van der Waals surface area contributed by atoms with Gasteiger partial charge in [-0.05, 0) is 37.1 Å². The van der Waals surface area contributed by atoms with Crippen LogP contribution < -0.4 is 5.73 Å². The number of hydrogen-bond donors (Lipinski definition) is 1. The first-order valence-corrected chi connectivity index (χ1v) is 8.37. The molecule has 22 heavy (non-hydrogen) atoms. The molecule has 1 aromatic carbocycles. The van der Waals surface area contributed by atoms with Crippen LogP contribution in [-0.2, 0) is 0 Å². The molecule has 0 bridgehead atoms. The van der Waals surface area contributed by atoms with Crippen molar-refractivity contribution in [1.82, 2.24) is 4.90 Å². The number of carbonyl (C=O) groups excluding carboxylic acids is 2. The van der Waals surface area contributed by atoms with Crippen molar-refractivity contribution in [2.45, 2.75) is 51.4 Å². The Hall–Kier alpha value is -1.84. The molecule has 0 aromatic heterocycles. The van der Waals surface area contributed by atoms with E-state index in [9.17, 15) is 9.59 Å². The van der Waals surface area contributed by atoms with Crippen molar-refractivity contribution in [3.05, 3.63) is 35.4 Å². The molecule has 2 rings (SSSR count). The van der Waals surface area contributed by atoms with Crippen molar-refractivity contribution in [2.75, 3.05) is 13.1 Å². The third-order valence-electron chi connectivity index (χ3n) is 4.31. The van der Waals surface area contributed by atoms with Crippen LogP contribution in [0, 0.1) is 0 Å². The first-order chi connectivity index (χ1) is 10.7. The summed E-state index contributed by atoms with van der Waals surface area (Å²) in [6, 6.07) is 6.66. The molecule has 1 heterocycles. The van der Waals surface area contributed by atoms with Gasteiger partial charge in [0.1, 0.15) is 0 Å². The molecule has 1 saturated heterocycles. The minimum Gasteiger partial charge on any atom is -0.366 e. The standard InChI is InChI=1S/C18H26N2O2/c19-17(21)15-9-11-16(12-10-15)18(22)20-13-7-5-3-1-2-4-6-8-14-20/h9-12H,1-8,13-14H2,(H2,19,21). The lowest BCUT2D eigenvalue weighted by Crippen LogP contribution is -2.33. The van der Waals surface area contributed by atoms with Gasteiger partial charge in [0, 0.05) is 24.2 Å². The second-order valence-electron chi connectivity index (χ2n) is 6.06. The number of nitrogens with two attached hydrogens (primary N) is 1. The van der Waals surface area contributed by atoms with Crippen molar-refractivity contribution >= 4 is 11.8 Å². The Morgan fingerprint density at radius 1 is 0.727 bits per heavy atom. The van der Waals surface area contributed by atoms with E-state index in [1.165, 1.54) is 38.5 Å². The quantitative estimate of drug-likeness (QED) is 0.910. The molecule has 4 heteroatoms. The summed E-state index contributed by atoms with van der Waals surface area (Å²) in [6.07, 6.45) is 9.74.